The molecule has 9 heteroatoms. The van der Waals surface area contributed by atoms with Crippen LogP contribution in [0.25, 0.3) is 0 Å². The Morgan fingerprint density at radius 2 is 1.67 bits per heavy atom. The molecule has 1 heterocycles. The Morgan fingerprint density at radius 3 is 2.30 bits per heavy atom. The first-order valence-corrected chi connectivity index (χ1v) is 9.38. The standard InChI is InChI=1S/C21H26N4O5/c1-27-17-8-6-5-7-14(17)15-11-16(24-23-15)21(26)25-22-12-13-9-18(28-2)20(30-4)19(10-13)29-3/h5-10,12,15-16,23-24H,11H2,1-4H3,(H,25,26)/b22-12+. The average Bonchev–Trinajstić information content (AvgIpc) is 3.28. The molecule has 0 aromatic heterocycles. The number of nitrogens with one attached hydrogen (secondary N) is 3. The minimum Gasteiger partial charge on any atom is -0.496 e. The Kier molecular flexibility index (Phi) is 7.10. The van der Waals surface area contributed by atoms with Crippen LogP contribution in [0.4, 0.5) is 0 Å². The van der Waals surface area contributed by atoms with Crippen molar-refractivity contribution in [1.82, 2.24) is 16.3 Å². The lowest BCUT2D eigenvalue weighted by atomic mass is 10.0. The molecule has 2 aromatic carbocycles. The number of nitrogens with zero attached hydrogens (tertiary/aromatic N) is 1. The van der Waals surface area contributed by atoms with Crippen molar-refractivity contribution in [3.8, 4) is 23.0 Å². The zero-order valence-corrected chi connectivity index (χ0v) is 17.4. The van der Waals surface area contributed by atoms with Gasteiger partial charge in [0.2, 0.25) is 5.75 Å². The SMILES string of the molecule is COc1ccccc1C1CC(C(=O)N/N=C/c2cc(OC)c(OC)c(OC)c2)NN1. The molecule has 1 amide bonds. The number of para-hydroxylation sites is 1. The van der Waals surface area contributed by atoms with Crippen LogP contribution in [0.15, 0.2) is 41.5 Å². The highest BCUT2D eigenvalue weighted by atomic mass is 16.5. The summed E-state index contributed by atoms with van der Waals surface area (Å²) in [6, 6.07) is 10.7. The third-order valence-corrected chi connectivity index (χ3v) is 4.81. The summed E-state index contributed by atoms with van der Waals surface area (Å²) in [5.41, 5.74) is 10.4. The van der Waals surface area contributed by atoms with Gasteiger partial charge in [-0.05, 0) is 24.6 Å². The molecular weight excluding hydrogens is 388 g/mol. The number of hydrazone groups is 1. The molecule has 2 atom stereocenters. The Hall–Kier alpha value is -3.30. The first-order chi connectivity index (χ1) is 14.6. The van der Waals surface area contributed by atoms with Crippen LogP contribution in [0.1, 0.15) is 23.6 Å². The number of hydrogen-bond donors (Lipinski definition) is 3. The number of carbonyl (C=O) groups is 1. The lowest BCUT2D eigenvalue weighted by Gasteiger charge is -2.13. The second-order valence-electron chi connectivity index (χ2n) is 6.56. The minimum atomic E-state index is -0.433. The molecule has 9 nitrogen and oxygen atoms in total. The van der Waals surface area contributed by atoms with Gasteiger partial charge in [-0.1, -0.05) is 18.2 Å². The van der Waals surface area contributed by atoms with Crippen molar-refractivity contribution in [1.29, 1.82) is 0 Å². The number of hydrazine groups is 1. The summed E-state index contributed by atoms with van der Waals surface area (Å²) in [6.45, 7) is 0. The summed E-state index contributed by atoms with van der Waals surface area (Å²) >= 11 is 0. The van der Waals surface area contributed by atoms with E-state index in [1.807, 2.05) is 24.3 Å². The monoisotopic (exact) mass is 414 g/mol. The number of hydrogen-bond acceptors (Lipinski definition) is 8. The Labute approximate surface area is 175 Å². The van der Waals surface area contributed by atoms with Crippen molar-refractivity contribution in [2.24, 2.45) is 5.10 Å². The van der Waals surface area contributed by atoms with Crippen molar-refractivity contribution in [3.05, 3.63) is 47.5 Å². The van der Waals surface area contributed by atoms with Gasteiger partial charge in [0.15, 0.2) is 11.5 Å². The van der Waals surface area contributed by atoms with E-state index in [1.165, 1.54) is 27.5 Å². The molecule has 1 saturated heterocycles. The van der Waals surface area contributed by atoms with E-state index in [4.69, 9.17) is 18.9 Å². The molecule has 0 spiro atoms. The van der Waals surface area contributed by atoms with Crippen molar-refractivity contribution >= 4 is 12.1 Å². The molecule has 160 valence electrons. The fourth-order valence-electron chi connectivity index (χ4n) is 3.31. The molecular formula is C21H26N4O5. The Balaban J connectivity index is 1.63. The first kappa shape index (κ1) is 21.4. The fraction of sp³-hybridized carbons (Fsp3) is 0.333. The van der Waals surface area contributed by atoms with E-state index in [0.29, 0.717) is 29.2 Å². The quantitative estimate of drug-likeness (QED) is 0.447. The first-order valence-electron chi connectivity index (χ1n) is 9.38. The fourth-order valence-corrected chi connectivity index (χ4v) is 3.31. The molecule has 0 saturated carbocycles. The van der Waals surface area contributed by atoms with Crippen LogP contribution in [0, 0.1) is 0 Å². The van der Waals surface area contributed by atoms with E-state index in [1.54, 1.807) is 19.2 Å². The maximum atomic E-state index is 12.5. The van der Waals surface area contributed by atoms with Crippen LogP contribution in [0.2, 0.25) is 0 Å². The van der Waals surface area contributed by atoms with Crippen LogP contribution in [0.5, 0.6) is 23.0 Å². The summed E-state index contributed by atoms with van der Waals surface area (Å²) in [5.74, 6) is 2.03. The van der Waals surface area contributed by atoms with Crippen LogP contribution in [0.3, 0.4) is 0 Å². The molecule has 1 aliphatic rings. The van der Waals surface area contributed by atoms with Crippen LogP contribution in [-0.2, 0) is 4.79 Å². The molecule has 2 aromatic rings. The summed E-state index contributed by atoms with van der Waals surface area (Å²) in [7, 11) is 6.24. The van der Waals surface area contributed by atoms with Crippen molar-refractivity contribution in [2.45, 2.75) is 18.5 Å². The van der Waals surface area contributed by atoms with Crippen molar-refractivity contribution in [2.75, 3.05) is 28.4 Å². The van der Waals surface area contributed by atoms with Gasteiger partial charge in [0, 0.05) is 11.1 Å². The van der Waals surface area contributed by atoms with Crippen LogP contribution >= 0.6 is 0 Å². The number of rotatable bonds is 8. The third-order valence-electron chi connectivity index (χ3n) is 4.81. The lowest BCUT2D eigenvalue weighted by Crippen LogP contribution is -2.41. The van der Waals surface area contributed by atoms with Crippen LogP contribution < -0.4 is 35.2 Å². The van der Waals surface area contributed by atoms with E-state index in [9.17, 15) is 4.79 Å². The number of benzene rings is 2. The van der Waals surface area contributed by atoms with E-state index in [-0.39, 0.29) is 11.9 Å². The topological polar surface area (TPSA) is 102 Å². The summed E-state index contributed by atoms with van der Waals surface area (Å²) in [6.07, 6.45) is 2.08. The molecule has 0 aliphatic carbocycles. The third kappa shape index (κ3) is 4.64. The number of amides is 1. The van der Waals surface area contributed by atoms with Crippen molar-refractivity contribution < 1.29 is 23.7 Å². The molecule has 1 fully saturated rings. The van der Waals surface area contributed by atoms with Gasteiger partial charge in [-0.25, -0.2) is 16.3 Å². The van der Waals surface area contributed by atoms with E-state index in [0.717, 1.165) is 11.3 Å². The largest absolute Gasteiger partial charge is 0.496 e. The predicted octanol–water partition coefficient (Wildman–Crippen LogP) is 1.78. The molecule has 3 rings (SSSR count). The van der Waals surface area contributed by atoms with Crippen LogP contribution in [-0.4, -0.2) is 46.6 Å². The zero-order valence-electron chi connectivity index (χ0n) is 17.4. The molecule has 0 radical (unpaired) electrons. The second kappa shape index (κ2) is 9.95. The van der Waals surface area contributed by atoms with Gasteiger partial charge in [0.1, 0.15) is 11.8 Å². The normalized spacial score (nSPS) is 18.3. The molecule has 2 unspecified atom stereocenters. The minimum absolute atomic E-state index is 0.0454. The second-order valence-corrected chi connectivity index (χ2v) is 6.56. The van der Waals surface area contributed by atoms with Gasteiger partial charge < -0.3 is 18.9 Å². The maximum absolute atomic E-state index is 12.5. The van der Waals surface area contributed by atoms with Gasteiger partial charge in [-0.3, -0.25) is 4.79 Å². The molecule has 3 N–H and O–H groups in total. The lowest BCUT2D eigenvalue weighted by molar-refractivity contribution is -0.122. The molecule has 30 heavy (non-hydrogen) atoms. The molecule has 0 bridgehead atoms. The van der Waals surface area contributed by atoms with E-state index >= 15 is 0 Å². The summed E-state index contributed by atoms with van der Waals surface area (Å²) < 4.78 is 21.3. The highest BCUT2D eigenvalue weighted by Crippen LogP contribution is 2.37. The maximum Gasteiger partial charge on any atom is 0.258 e. The van der Waals surface area contributed by atoms with E-state index in [2.05, 4.69) is 21.4 Å². The number of ether oxygens (including phenoxy) is 4. The Morgan fingerprint density at radius 1 is 1.00 bits per heavy atom. The van der Waals surface area contributed by atoms with Gasteiger partial charge in [0.25, 0.3) is 5.91 Å². The summed E-state index contributed by atoms with van der Waals surface area (Å²) in [4.78, 5) is 12.5. The van der Waals surface area contributed by atoms with Gasteiger partial charge in [-0.15, -0.1) is 0 Å². The smallest absolute Gasteiger partial charge is 0.258 e. The highest BCUT2D eigenvalue weighted by Gasteiger charge is 2.31. The van der Waals surface area contributed by atoms with E-state index < -0.39 is 6.04 Å². The Bertz CT molecular complexity index is 893. The van der Waals surface area contributed by atoms with Gasteiger partial charge in [0.05, 0.1) is 40.7 Å². The highest BCUT2D eigenvalue weighted by molar-refractivity contribution is 5.86. The molecule has 1 aliphatic heterocycles. The zero-order chi connectivity index (χ0) is 21.5. The average molecular weight is 414 g/mol. The summed E-state index contributed by atoms with van der Waals surface area (Å²) in [5, 5.41) is 4.05. The predicted molar refractivity (Wildman–Crippen MR) is 112 cm³/mol. The van der Waals surface area contributed by atoms with Crippen molar-refractivity contribution in [3.63, 3.8) is 0 Å². The number of methoxy groups -OCH3 is 4. The van der Waals surface area contributed by atoms with Gasteiger partial charge in [-0.2, -0.15) is 5.10 Å². The number of carbonyl (C=O) groups excluding carboxylic acids is 1. The van der Waals surface area contributed by atoms with Gasteiger partial charge >= 0.3 is 0 Å².